The topological polar surface area (TPSA) is 89.5 Å². The van der Waals surface area contributed by atoms with E-state index in [0.29, 0.717) is 23.8 Å². The monoisotopic (exact) mass is 367 g/mol. The highest BCUT2D eigenvalue weighted by Gasteiger charge is 2.16. The molecule has 27 heavy (non-hydrogen) atoms. The van der Waals surface area contributed by atoms with Gasteiger partial charge in [0.15, 0.2) is 18.1 Å². The lowest BCUT2D eigenvalue weighted by Crippen LogP contribution is -2.00. The quantitative estimate of drug-likeness (QED) is 0.712. The molecule has 1 aliphatic rings. The first-order valence-electron chi connectivity index (χ1n) is 8.12. The summed E-state index contributed by atoms with van der Waals surface area (Å²) in [5.41, 5.74) is 1.07. The highest BCUT2D eigenvalue weighted by atomic mass is 19.1. The van der Waals surface area contributed by atoms with E-state index in [1.807, 2.05) is 24.3 Å². The van der Waals surface area contributed by atoms with Gasteiger partial charge in [0.1, 0.15) is 17.6 Å². The second kappa shape index (κ2) is 7.25. The Kier molecular flexibility index (Phi) is 4.49. The van der Waals surface area contributed by atoms with Gasteiger partial charge in [-0.2, -0.15) is 10.2 Å². The van der Waals surface area contributed by atoms with E-state index in [2.05, 4.69) is 10.3 Å². The number of hydrogen-bond donors (Lipinski definition) is 1. The van der Waals surface area contributed by atoms with Crippen LogP contribution in [0.5, 0.6) is 17.2 Å². The summed E-state index contributed by atoms with van der Waals surface area (Å²) in [4.78, 5) is 4.10. The number of ether oxygens (including phenoxy) is 3. The number of benzene rings is 2. The molecule has 1 aliphatic heterocycles. The van der Waals surface area contributed by atoms with E-state index in [9.17, 15) is 9.65 Å². The third-order valence-electron chi connectivity index (χ3n) is 3.84. The van der Waals surface area contributed by atoms with E-state index in [1.54, 1.807) is 0 Å². The minimum atomic E-state index is -0.347. The Labute approximate surface area is 153 Å². The van der Waals surface area contributed by atoms with Gasteiger partial charge in [-0.25, -0.2) is 4.39 Å². The van der Waals surface area contributed by atoms with Crippen molar-refractivity contribution in [3.05, 3.63) is 65.4 Å². The Morgan fingerprint density at radius 3 is 2.78 bits per heavy atom. The van der Waals surface area contributed by atoms with E-state index in [4.69, 9.17) is 18.6 Å². The molecule has 136 valence electrons. The van der Waals surface area contributed by atoms with Crippen molar-refractivity contribution in [2.24, 2.45) is 0 Å². The van der Waals surface area contributed by atoms with E-state index < -0.39 is 0 Å². The van der Waals surface area contributed by atoms with Crippen LogP contribution in [-0.2, 0) is 13.2 Å². The van der Waals surface area contributed by atoms with Crippen molar-refractivity contribution in [3.8, 4) is 23.3 Å². The molecule has 3 aromatic rings. The van der Waals surface area contributed by atoms with Gasteiger partial charge < -0.3 is 23.9 Å². The minimum Gasteiger partial charge on any atom is -0.484 e. The summed E-state index contributed by atoms with van der Waals surface area (Å²) in [5.74, 6) is 2.01. The van der Waals surface area contributed by atoms with Crippen LogP contribution >= 0.6 is 0 Å². The number of hydrogen-bond acceptors (Lipinski definition) is 7. The molecular formula is C19H14FN3O4. The molecule has 0 aliphatic carbocycles. The molecule has 2 heterocycles. The summed E-state index contributed by atoms with van der Waals surface area (Å²) in [5, 5.41) is 12.3. The maximum Gasteiger partial charge on any atom is 0.236 e. The molecule has 0 atom stereocenters. The molecule has 4 rings (SSSR count). The predicted octanol–water partition coefficient (Wildman–Crippen LogP) is 3.61. The van der Waals surface area contributed by atoms with Gasteiger partial charge in [0.2, 0.25) is 24.3 Å². The average molecular weight is 367 g/mol. The van der Waals surface area contributed by atoms with Crippen LogP contribution < -0.4 is 19.5 Å². The highest BCUT2D eigenvalue weighted by molar-refractivity contribution is 5.48. The first-order chi connectivity index (χ1) is 13.2. The molecule has 0 unspecified atom stereocenters. The maximum atomic E-state index is 12.9. The second-order valence-corrected chi connectivity index (χ2v) is 5.68. The van der Waals surface area contributed by atoms with Crippen molar-refractivity contribution in [3.63, 3.8) is 0 Å². The molecular weight excluding hydrogens is 353 g/mol. The molecule has 7 nitrogen and oxygen atoms in total. The lowest BCUT2D eigenvalue weighted by Gasteiger charge is -2.05. The number of fused-ring (bicyclic) bond motifs is 1. The largest absolute Gasteiger partial charge is 0.484 e. The fourth-order valence-electron chi connectivity index (χ4n) is 2.53. The molecule has 0 fully saturated rings. The van der Waals surface area contributed by atoms with Crippen LogP contribution in [0.4, 0.5) is 10.3 Å². The van der Waals surface area contributed by atoms with E-state index in [-0.39, 0.29) is 36.7 Å². The zero-order valence-electron chi connectivity index (χ0n) is 14.1. The van der Waals surface area contributed by atoms with Gasteiger partial charge in [0.05, 0.1) is 0 Å². The van der Waals surface area contributed by atoms with Crippen molar-refractivity contribution >= 4 is 5.88 Å². The minimum absolute atomic E-state index is 0.0199. The maximum absolute atomic E-state index is 12.9. The first-order valence-corrected chi connectivity index (χ1v) is 8.12. The van der Waals surface area contributed by atoms with E-state index in [1.165, 1.54) is 24.3 Å². The highest BCUT2D eigenvalue weighted by Crippen LogP contribution is 2.32. The predicted molar refractivity (Wildman–Crippen MR) is 91.8 cm³/mol. The number of halogens is 1. The molecule has 1 N–H and O–H groups in total. The van der Waals surface area contributed by atoms with Gasteiger partial charge in [0.25, 0.3) is 0 Å². The number of oxazole rings is 1. The Balaban J connectivity index is 1.40. The molecule has 0 spiro atoms. The average Bonchev–Trinajstić information content (AvgIpc) is 3.31. The van der Waals surface area contributed by atoms with Gasteiger partial charge in [-0.05, 0) is 42.0 Å². The molecule has 0 saturated carbocycles. The number of nitrogens with one attached hydrogen (secondary N) is 1. The van der Waals surface area contributed by atoms with Gasteiger partial charge in [-0.3, -0.25) is 0 Å². The van der Waals surface area contributed by atoms with Crippen LogP contribution in [0.25, 0.3) is 0 Å². The van der Waals surface area contributed by atoms with Gasteiger partial charge in [-0.1, -0.05) is 6.07 Å². The number of rotatable bonds is 6. The SMILES string of the molecule is N#Cc1nc(COc2ccc(F)cc2)oc1NCc1ccc2c(c1)OCO2. The zero-order valence-corrected chi connectivity index (χ0v) is 14.1. The van der Waals surface area contributed by atoms with Crippen molar-refractivity contribution in [2.45, 2.75) is 13.2 Å². The number of aromatic nitrogens is 1. The second-order valence-electron chi connectivity index (χ2n) is 5.68. The number of anilines is 1. The van der Waals surface area contributed by atoms with Crippen molar-refractivity contribution in [2.75, 3.05) is 12.1 Å². The fraction of sp³-hybridized carbons (Fsp3) is 0.158. The molecule has 8 heteroatoms. The summed E-state index contributed by atoms with van der Waals surface area (Å²) >= 11 is 0. The smallest absolute Gasteiger partial charge is 0.236 e. The lowest BCUT2D eigenvalue weighted by atomic mass is 10.2. The molecule has 0 saturated heterocycles. The van der Waals surface area contributed by atoms with E-state index in [0.717, 1.165) is 5.56 Å². The molecule has 0 bridgehead atoms. The summed E-state index contributed by atoms with van der Waals surface area (Å²) < 4.78 is 34.6. The van der Waals surface area contributed by atoms with Crippen LogP contribution in [0.3, 0.4) is 0 Å². The van der Waals surface area contributed by atoms with Gasteiger partial charge in [0, 0.05) is 6.54 Å². The molecule has 1 aromatic heterocycles. The third-order valence-corrected chi connectivity index (χ3v) is 3.84. The Hall–Kier alpha value is -3.73. The molecule has 2 aromatic carbocycles. The summed E-state index contributed by atoms with van der Waals surface area (Å²) in [6.07, 6.45) is 0. The first kappa shape index (κ1) is 16.7. The van der Waals surface area contributed by atoms with Crippen LogP contribution in [0.2, 0.25) is 0 Å². The van der Waals surface area contributed by atoms with Crippen molar-refractivity contribution in [1.29, 1.82) is 5.26 Å². The van der Waals surface area contributed by atoms with E-state index >= 15 is 0 Å². The number of nitriles is 1. The fourth-order valence-corrected chi connectivity index (χ4v) is 2.53. The van der Waals surface area contributed by atoms with Crippen molar-refractivity contribution in [1.82, 2.24) is 4.98 Å². The van der Waals surface area contributed by atoms with Crippen LogP contribution in [0.15, 0.2) is 46.9 Å². The summed E-state index contributed by atoms with van der Waals surface area (Å²) in [6.45, 7) is 0.648. The molecule has 0 radical (unpaired) electrons. The van der Waals surface area contributed by atoms with Gasteiger partial charge >= 0.3 is 0 Å². The lowest BCUT2D eigenvalue weighted by molar-refractivity contribution is 0.174. The summed E-state index contributed by atoms with van der Waals surface area (Å²) in [7, 11) is 0. The Bertz CT molecular complexity index is 995. The molecule has 0 amide bonds. The number of nitrogens with zero attached hydrogens (tertiary/aromatic N) is 2. The standard InChI is InChI=1S/C19H14FN3O4/c20-13-2-4-14(5-3-13)24-10-18-23-15(8-21)19(27-18)22-9-12-1-6-16-17(7-12)26-11-25-16/h1-7,22H,9-11H2. The van der Waals surface area contributed by atoms with Crippen LogP contribution in [0.1, 0.15) is 17.1 Å². The van der Waals surface area contributed by atoms with Crippen LogP contribution in [-0.4, -0.2) is 11.8 Å². The van der Waals surface area contributed by atoms with Crippen molar-refractivity contribution < 1.29 is 23.0 Å². The third kappa shape index (κ3) is 3.77. The Morgan fingerprint density at radius 1 is 1.15 bits per heavy atom. The summed E-state index contributed by atoms with van der Waals surface area (Å²) in [6, 6.07) is 13.2. The Morgan fingerprint density at radius 2 is 1.96 bits per heavy atom. The van der Waals surface area contributed by atoms with Gasteiger partial charge in [-0.15, -0.1) is 0 Å². The zero-order chi connectivity index (χ0) is 18.6. The normalized spacial score (nSPS) is 11.9. The van der Waals surface area contributed by atoms with Crippen LogP contribution in [0, 0.1) is 17.1 Å².